The third kappa shape index (κ3) is 3.57. The number of piperazine rings is 1. The van der Waals surface area contributed by atoms with Gasteiger partial charge in [0, 0.05) is 37.7 Å². The molecule has 5 nitrogen and oxygen atoms in total. The van der Waals surface area contributed by atoms with Crippen molar-refractivity contribution in [1.82, 2.24) is 14.5 Å². The molecule has 1 heterocycles. The van der Waals surface area contributed by atoms with Crippen LogP contribution in [-0.4, -0.2) is 57.9 Å². The fourth-order valence-corrected chi connectivity index (χ4v) is 4.54. The zero-order valence-corrected chi connectivity index (χ0v) is 14.3. The lowest BCUT2D eigenvalue weighted by atomic mass is 10.1. The van der Waals surface area contributed by atoms with Gasteiger partial charge in [-0.2, -0.15) is 4.31 Å². The van der Waals surface area contributed by atoms with E-state index in [0.717, 1.165) is 24.2 Å². The fraction of sp³-hybridized carbons (Fsp3) is 0.571. The van der Waals surface area contributed by atoms with Crippen LogP contribution >= 0.6 is 11.6 Å². The Hall–Kier alpha value is -0.660. The van der Waals surface area contributed by atoms with E-state index >= 15 is 0 Å². The summed E-state index contributed by atoms with van der Waals surface area (Å²) in [5.41, 5.74) is 1.69. The number of sulfonamides is 1. The highest BCUT2D eigenvalue weighted by molar-refractivity contribution is 7.89. The molecule has 1 aromatic carbocycles. The normalized spacial score (nSPS) is 18.1. The van der Waals surface area contributed by atoms with Crippen LogP contribution in [0, 0.1) is 6.92 Å². The van der Waals surface area contributed by atoms with Gasteiger partial charge in [0.1, 0.15) is 0 Å². The van der Waals surface area contributed by atoms with Crippen LogP contribution in [-0.2, 0) is 16.6 Å². The van der Waals surface area contributed by atoms with Gasteiger partial charge in [-0.1, -0.05) is 11.6 Å². The van der Waals surface area contributed by atoms with E-state index in [9.17, 15) is 8.42 Å². The predicted molar refractivity (Wildman–Crippen MR) is 85.2 cm³/mol. The Labute approximate surface area is 131 Å². The highest BCUT2D eigenvalue weighted by Gasteiger charge is 2.29. The highest BCUT2D eigenvalue weighted by atomic mass is 35.5. The molecule has 2 rings (SSSR count). The Balaban J connectivity index is 2.40. The quantitative estimate of drug-likeness (QED) is 0.903. The van der Waals surface area contributed by atoms with Gasteiger partial charge in [0.15, 0.2) is 0 Å². The van der Waals surface area contributed by atoms with Crippen LogP contribution < -0.4 is 5.32 Å². The summed E-state index contributed by atoms with van der Waals surface area (Å²) in [5.74, 6) is 0. The number of rotatable bonds is 4. The number of nitrogens with zero attached hydrogens (tertiary/aromatic N) is 2. The van der Waals surface area contributed by atoms with Gasteiger partial charge < -0.3 is 10.2 Å². The maximum absolute atomic E-state index is 12.9. The van der Waals surface area contributed by atoms with Crippen LogP contribution in [0.4, 0.5) is 0 Å². The van der Waals surface area contributed by atoms with Gasteiger partial charge in [0.2, 0.25) is 10.0 Å². The lowest BCUT2D eigenvalue weighted by Gasteiger charge is -2.32. The minimum atomic E-state index is -3.49. The summed E-state index contributed by atoms with van der Waals surface area (Å²) in [6.07, 6.45) is 0. The van der Waals surface area contributed by atoms with E-state index in [4.69, 9.17) is 11.6 Å². The first-order valence-corrected chi connectivity index (χ1v) is 8.80. The molecule has 0 atom stereocenters. The molecule has 0 saturated carbocycles. The maximum atomic E-state index is 12.9. The summed E-state index contributed by atoms with van der Waals surface area (Å²) < 4.78 is 27.3. The molecule has 0 radical (unpaired) electrons. The topological polar surface area (TPSA) is 52.7 Å². The van der Waals surface area contributed by atoms with Gasteiger partial charge in [-0.05, 0) is 44.3 Å². The van der Waals surface area contributed by atoms with E-state index in [1.165, 1.54) is 0 Å². The average Bonchev–Trinajstić information content (AvgIpc) is 2.43. The van der Waals surface area contributed by atoms with Crippen LogP contribution in [0.15, 0.2) is 17.0 Å². The minimum absolute atomic E-state index is 0.324. The minimum Gasteiger partial charge on any atom is -0.316 e. The molecule has 1 fully saturated rings. The van der Waals surface area contributed by atoms with Crippen molar-refractivity contribution in [1.29, 1.82) is 0 Å². The molecule has 0 unspecified atom stereocenters. The number of likely N-dealkylation sites (N-methyl/N-ethyl adjacent to an activating group) is 1. The molecular formula is C14H22ClN3O2S. The summed E-state index contributed by atoms with van der Waals surface area (Å²) in [5, 5.41) is 3.50. The molecule has 1 aromatic rings. The van der Waals surface area contributed by atoms with E-state index in [-0.39, 0.29) is 0 Å². The van der Waals surface area contributed by atoms with Gasteiger partial charge in [0.25, 0.3) is 0 Å². The van der Waals surface area contributed by atoms with Crippen LogP contribution in [0.2, 0.25) is 5.02 Å². The Morgan fingerprint density at radius 3 is 2.43 bits per heavy atom. The number of benzene rings is 1. The molecule has 7 heteroatoms. The largest absolute Gasteiger partial charge is 0.316 e. The van der Waals surface area contributed by atoms with Crippen LogP contribution in [0.5, 0.6) is 0 Å². The fourth-order valence-electron chi connectivity index (χ4n) is 2.52. The predicted octanol–water partition coefficient (Wildman–Crippen LogP) is 1.30. The Morgan fingerprint density at radius 2 is 1.86 bits per heavy atom. The van der Waals surface area contributed by atoms with E-state index in [2.05, 4.69) is 10.2 Å². The van der Waals surface area contributed by atoms with Gasteiger partial charge in [-0.15, -0.1) is 0 Å². The maximum Gasteiger partial charge on any atom is 0.243 e. The molecule has 118 valence electrons. The van der Waals surface area contributed by atoms with Crippen molar-refractivity contribution in [2.45, 2.75) is 18.4 Å². The highest BCUT2D eigenvalue weighted by Crippen LogP contribution is 2.27. The monoisotopic (exact) mass is 331 g/mol. The van der Waals surface area contributed by atoms with E-state index < -0.39 is 10.0 Å². The molecule has 21 heavy (non-hydrogen) atoms. The molecule has 0 spiro atoms. The second-order valence-electron chi connectivity index (χ2n) is 5.43. The summed E-state index contributed by atoms with van der Waals surface area (Å²) in [7, 11) is 0.343. The summed E-state index contributed by atoms with van der Waals surface area (Å²) in [6.45, 7) is 4.98. The van der Waals surface area contributed by atoms with Crippen LogP contribution in [0.1, 0.15) is 11.1 Å². The SMILES string of the molecule is CNCc1cc(Cl)cc(S(=O)(=O)N2CCN(C)CC2)c1C. The summed E-state index contributed by atoms with van der Waals surface area (Å²) in [4.78, 5) is 2.45. The third-order valence-electron chi connectivity index (χ3n) is 3.88. The van der Waals surface area contributed by atoms with Crippen molar-refractivity contribution in [3.05, 3.63) is 28.3 Å². The second kappa shape index (κ2) is 6.62. The van der Waals surface area contributed by atoms with Gasteiger partial charge in [0.05, 0.1) is 4.90 Å². The molecule has 0 aliphatic carbocycles. The van der Waals surface area contributed by atoms with Gasteiger partial charge in [-0.25, -0.2) is 8.42 Å². The first kappa shape index (κ1) is 16.7. The number of nitrogens with one attached hydrogen (secondary N) is 1. The molecule has 0 aromatic heterocycles. The molecule has 1 N–H and O–H groups in total. The Bertz CT molecular complexity index is 611. The number of halogens is 1. The smallest absolute Gasteiger partial charge is 0.243 e. The molecule has 0 bridgehead atoms. The summed E-state index contributed by atoms with van der Waals surface area (Å²) in [6, 6.07) is 3.38. The van der Waals surface area contributed by atoms with E-state index in [0.29, 0.717) is 29.6 Å². The van der Waals surface area contributed by atoms with Crippen molar-refractivity contribution in [2.75, 3.05) is 40.3 Å². The zero-order valence-electron chi connectivity index (χ0n) is 12.7. The first-order valence-electron chi connectivity index (χ1n) is 6.98. The second-order valence-corrected chi connectivity index (χ2v) is 7.77. The standard InChI is InChI=1S/C14H22ClN3O2S/c1-11-12(10-16-2)8-13(15)9-14(11)21(19,20)18-6-4-17(3)5-7-18/h8-9,16H,4-7,10H2,1-3H3. The van der Waals surface area contributed by atoms with Crippen molar-refractivity contribution < 1.29 is 8.42 Å². The Kier molecular flexibility index (Phi) is 5.27. The van der Waals surface area contributed by atoms with Crippen molar-refractivity contribution in [2.24, 2.45) is 0 Å². The van der Waals surface area contributed by atoms with Gasteiger partial charge in [-0.3, -0.25) is 0 Å². The third-order valence-corrected chi connectivity index (χ3v) is 6.12. The van der Waals surface area contributed by atoms with Crippen molar-refractivity contribution in [3.63, 3.8) is 0 Å². The van der Waals surface area contributed by atoms with Crippen molar-refractivity contribution >= 4 is 21.6 Å². The van der Waals surface area contributed by atoms with E-state index in [1.54, 1.807) is 10.4 Å². The van der Waals surface area contributed by atoms with E-state index in [1.807, 2.05) is 27.1 Å². The number of hydrogen-bond donors (Lipinski definition) is 1. The molecule has 1 aliphatic rings. The summed E-state index contributed by atoms with van der Waals surface area (Å²) >= 11 is 6.11. The lowest BCUT2D eigenvalue weighted by molar-refractivity contribution is 0.222. The van der Waals surface area contributed by atoms with Gasteiger partial charge >= 0.3 is 0 Å². The van der Waals surface area contributed by atoms with Crippen molar-refractivity contribution in [3.8, 4) is 0 Å². The molecular weight excluding hydrogens is 310 g/mol. The lowest BCUT2D eigenvalue weighted by Crippen LogP contribution is -2.47. The zero-order chi connectivity index (χ0) is 15.6. The van der Waals surface area contributed by atoms with Crippen LogP contribution in [0.3, 0.4) is 0 Å². The molecule has 0 amide bonds. The molecule has 1 aliphatic heterocycles. The number of hydrogen-bond acceptors (Lipinski definition) is 4. The first-order chi connectivity index (χ1) is 9.86. The molecule has 1 saturated heterocycles. The van der Waals surface area contributed by atoms with Crippen LogP contribution in [0.25, 0.3) is 0 Å². The Morgan fingerprint density at radius 1 is 1.24 bits per heavy atom. The average molecular weight is 332 g/mol.